The number of rotatable bonds is 5. The number of hydrogen-bond donors (Lipinski definition) is 2. The van der Waals surface area contributed by atoms with Gasteiger partial charge in [0, 0.05) is 29.0 Å². The molecule has 116 valence electrons. The summed E-state index contributed by atoms with van der Waals surface area (Å²) < 4.78 is 33.5. The van der Waals surface area contributed by atoms with E-state index in [2.05, 4.69) is 26.0 Å². The highest BCUT2D eigenvalue weighted by Crippen LogP contribution is 2.32. The highest BCUT2D eigenvalue weighted by molar-refractivity contribution is 9.10. The Bertz CT molecular complexity index is 627. The second-order valence-corrected chi connectivity index (χ2v) is 8.31. The fourth-order valence-electron chi connectivity index (χ4n) is 2.89. The number of hydrogen-bond acceptors (Lipinski definition) is 4. The predicted molar refractivity (Wildman–Crippen MR) is 85.0 cm³/mol. The van der Waals surface area contributed by atoms with Crippen molar-refractivity contribution in [2.75, 3.05) is 18.9 Å². The average Bonchev–Trinajstić information content (AvgIpc) is 3.06. The molecule has 1 fully saturated rings. The van der Waals surface area contributed by atoms with Crippen LogP contribution in [-0.4, -0.2) is 33.4 Å². The Balaban J connectivity index is 1.67. The average molecular weight is 375 g/mol. The van der Waals surface area contributed by atoms with Gasteiger partial charge in [-0.3, -0.25) is 0 Å². The molecule has 2 aliphatic heterocycles. The van der Waals surface area contributed by atoms with Crippen molar-refractivity contribution in [3.63, 3.8) is 0 Å². The molecule has 2 N–H and O–H groups in total. The maximum Gasteiger partial charge on any atom is 0.213 e. The monoisotopic (exact) mass is 374 g/mol. The number of ether oxygens (including phenoxy) is 1. The van der Waals surface area contributed by atoms with Gasteiger partial charge in [0.15, 0.2) is 0 Å². The highest BCUT2D eigenvalue weighted by atomic mass is 79.9. The van der Waals surface area contributed by atoms with Crippen LogP contribution in [0.25, 0.3) is 0 Å². The van der Waals surface area contributed by atoms with E-state index in [9.17, 15) is 8.42 Å². The molecule has 2 heterocycles. The molecule has 0 radical (unpaired) electrons. The van der Waals surface area contributed by atoms with Gasteiger partial charge < -0.3 is 10.1 Å². The summed E-state index contributed by atoms with van der Waals surface area (Å²) in [7, 11) is -3.28. The Labute approximate surface area is 133 Å². The molecular formula is C14H19BrN2O3S. The summed E-state index contributed by atoms with van der Waals surface area (Å²) in [6.45, 7) is 1.85. The molecule has 0 aliphatic carbocycles. The fourth-order valence-corrected chi connectivity index (χ4v) is 4.75. The van der Waals surface area contributed by atoms with E-state index in [0.29, 0.717) is 6.61 Å². The van der Waals surface area contributed by atoms with Crippen molar-refractivity contribution in [2.45, 2.75) is 31.8 Å². The van der Waals surface area contributed by atoms with Gasteiger partial charge in [-0.25, -0.2) is 13.1 Å². The minimum atomic E-state index is -3.28. The Morgan fingerprint density at radius 2 is 2.29 bits per heavy atom. The SMILES string of the molecule is O=S(=O)(CC1CCCN1)NCc1cc(Br)cc2c1OCC2. The van der Waals surface area contributed by atoms with Crippen LogP contribution in [0.1, 0.15) is 24.0 Å². The second kappa shape index (κ2) is 6.24. The molecule has 1 saturated heterocycles. The van der Waals surface area contributed by atoms with Crippen LogP contribution >= 0.6 is 15.9 Å². The maximum absolute atomic E-state index is 12.1. The first-order valence-corrected chi connectivity index (χ1v) is 9.63. The van der Waals surface area contributed by atoms with Gasteiger partial charge in [0.25, 0.3) is 0 Å². The predicted octanol–water partition coefficient (Wildman–Crippen LogP) is 1.56. The van der Waals surface area contributed by atoms with E-state index in [0.717, 1.165) is 47.2 Å². The van der Waals surface area contributed by atoms with Gasteiger partial charge in [0.2, 0.25) is 10.0 Å². The molecule has 1 aromatic rings. The van der Waals surface area contributed by atoms with Crippen LogP contribution in [0.2, 0.25) is 0 Å². The first kappa shape index (κ1) is 15.3. The van der Waals surface area contributed by atoms with E-state index < -0.39 is 10.0 Å². The van der Waals surface area contributed by atoms with Gasteiger partial charge in [-0.2, -0.15) is 0 Å². The van der Waals surface area contributed by atoms with Crippen LogP contribution in [0.5, 0.6) is 5.75 Å². The molecule has 1 aromatic carbocycles. The lowest BCUT2D eigenvalue weighted by molar-refractivity contribution is 0.353. The Hall–Kier alpha value is -0.630. The lowest BCUT2D eigenvalue weighted by Crippen LogP contribution is -2.36. The second-order valence-electron chi connectivity index (χ2n) is 5.55. The van der Waals surface area contributed by atoms with E-state index in [1.54, 1.807) is 0 Å². The zero-order valence-corrected chi connectivity index (χ0v) is 14.1. The Kier molecular flexibility index (Phi) is 4.54. The van der Waals surface area contributed by atoms with Crippen LogP contribution in [0.4, 0.5) is 0 Å². The van der Waals surface area contributed by atoms with Crippen molar-refractivity contribution < 1.29 is 13.2 Å². The normalized spacial score (nSPS) is 21.3. The Morgan fingerprint density at radius 3 is 3.05 bits per heavy atom. The third-order valence-electron chi connectivity index (χ3n) is 3.89. The minimum Gasteiger partial charge on any atom is -0.493 e. The van der Waals surface area contributed by atoms with E-state index in [4.69, 9.17) is 4.74 Å². The standard InChI is InChI=1S/C14H19BrN2O3S/c15-12-6-10-3-5-20-14(10)11(7-12)8-17-21(18,19)9-13-2-1-4-16-13/h6-7,13,16-17H,1-5,8-9H2. The molecule has 1 unspecified atom stereocenters. The van der Waals surface area contributed by atoms with Crippen molar-refractivity contribution >= 4 is 26.0 Å². The van der Waals surface area contributed by atoms with Crippen LogP contribution in [0.3, 0.4) is 0 Å². The van der Waals surface area contributed by atoms with Gasteiger partial charge in [0.05, 0.1) is 12.4 Å². The maximum atomic E-state index is 12.1. The Morgan fingerprint density at radius 1 is 1.43 bits per heavy atom. The lowest BCUT2D eigenvalue weighted by atomic mass is 10.1. The molecule has 21 heavy (non-hydrogen) atoms. The third kappa shape index (κ3) is 3.77. The summed E-state index contributed by atoms with van der Waals surface area (Å²) in [5.41, 5.74) is 2.02. The molecule has 7 heteroatoms. The van der Waals surface area contributed by atoms with Crippen molar-refractivity contribution in [3.05, 3.63) is 27.7 Å². The zero-order chi connectivity index (χ0) is 14.9. The first-order valence-electron chi connectivity index (χ1n) is 7.18. The zero-order valence-electron chi connectivity index (χ0n) is 11.7. The van der Waals surface area contributed by atoms with Gasteiger partial charge >= 0.3 is 0 Å². The summed E-state index contributed by atoms with van der Waals surface area (Å²) in [5.74, 6) is 0.976. The fraction of sp³-hybridized carbons (Fsp3) is 0.571. The number of sulfonamides is 1. The van der Waals surface area contributed by atoms with E-state index in [1.165, 1.54) is 0 Å². The number of fused-ring (bicyclic) bond motifs is 1. The van der Waals surface area contributed by atoms with Gasteiger partial charge in [-0.15, -0.1) is 0 Å². The van der Waals surface area contributed by atoms with Crippen molar-refractivity contribution in [1.82, 2.24) is 10.0 Å². The van der Waals surface area contributed by atoms with Gasteiger partial charge in [-0.05, 0) is 37.1 Å². The lowest BCUT2D eigenvalue weighted by Gasteiger charge is -2.13. The topological polar surface area (TPSA) is 67.4 Å². The first-order chi connectivity index (χ1) is 10.0. The number of nitrogens with one attached hydrogen (secondary N) is 2. The molecule has 0 amide bonds. The largest absolute Gasteiger partial charge is 0.493 e. The van der Waals surface area contributed by atoms with Crippen LogP contribution in [0, 0.1) is 0 Å². The molecule has 1 atom stereocenters. The van der Waals surface area contributed by atoms with Crippen molar-refractivity contribution in [3.8, 4) is 5.75 Å². The van der Waals surface area contributed by atoms with Crippen molar-refractivity contribution in [1.29, 1.82) is 0 Å². The molecule has 5 nitrogen and oxygen atoms in total. The molecule has 3 rings (SSSR count). The highest BCUT2D eigenvalue weighted by Gasteiger charge is 2.23. The molecule has 0 saturated carbocycles. The molecule has 0 spiro atoms. The van der Waals surface area contributed by atoms with E-state index in [1.807, 2.05) is 12.1 Å². The molecule has 0 bridgehead atoms. The summed E-state index contributed by atoms with van der Waals surface area (Å²) in [6.07, 6.45) is 2.85. The van der Waals surface area contributed by atoms with Crippen molar-refractivity contribution in [2.24, 2.45) is 0 Å². The quantitative estimate of drug-likeness (QED) is 0.820. The molecular weight excluding hydrogens is 356 g/mol. The van der Waals surface area contributed by atoms with E-state index in [-0.39, 0.29) is 18.3 Å². The smallest absolute Gasteiger partial charge is 0.213 e. The summed E-state index contributed by atoms with van der Waals surface area (Å²) >= 11 is 3.46. The number of benzene rings is 1. The summed E-state index contributed by atoms with van der Waals surface area (Å²) in [4.78, 5) is 0. The third-order valence-corrected chi connectivity index (χ3v) is 5.77. The van der Waals surface area contributed by atoms with E-state index >= 15 is 0 Å². The minimum absolute atomic E-state index is 0.0759. The molecule has 0 aromatic heterocycles. The van der Waals surface area contributed by atoms with Gasteiger partial charge in [0.1, 0.15) is 5.75 Å². The number of halogens is 1. The van der Waals surface area contributed by atoms with Crippen LogP contribution < -0.4 is 14.8 Å². The van der Waals surface area contributed by atoms with Crippen LogP contribution in [-0.2, 0) is 23.0 Å². The summed E-state index contributed by atoms with van der Waals surface area (Å²) in [6, 6.07) is 4.02. The van der Waals surface area contributed by atoms with Gasteiger partial charge in [-0.1, -0.05) is 15.9 Å². The summed E-state index contributed by atoms with van der Waals surface area (Å²) in [5, 5.41) is 3.21. The molecule has 2 aliphatic rings. The van der Waals surface area contributed by atoms with Crippen LogP contribution in [0.15, 0.2) is 16.6 Å².